The number of benzene rings is 1. The van der Waals surface area contributed by atoms with Crippen molar-refractivity contribution in [3.05, 3.63) is 66.0 Å². The number of nitrogens with one attached hydrogen (secondary N) is 1. The van der Waals surface area contributed by atoms with E-state index in [1.54, 1.807) is 4.90 Å². The summed E-state index contributed by atoms with van der Waals surface area (Å²) >= 11 is 0. The Labute approximate surface area is 156 Å². The van der Waals surface area contributed by atoms with Crippen LogP contribution in [0, 0.1) is 5.82 Å². The highest BCUT2D eigenvalue weighted by molar-refractivity contribution is 5.78. The maximum atomic E-state index is 13.8. The summed E-state index contributed by atoms with van der Waals surface area (Å²) in [6, 6.07) is 12.6. The van der Waals surface area contributed by atoms with Crippen molar-refractivity contribution in [1.82, 2.24) is 25.1 Å². The van der Waals surface area contributed by atoms with Gasteiger partial charge in [0.2, 0.25) is 5.91 Å². The SMILES string of the molecule is O=C(Cc1ncccc1F)N1CCCC(c2nc(-c3ccccc3)n[nH]2)C1. The molecule has 1 aliphatic rings. The fourth-order valence-electron chi connectivity index (χ4n) is 3.40. The Balaban J connectivity index is 1.45. The van der Waals surface area contributed by atoms with Gasteiger partial charge in [0.25, 0.3) is 0 Å². The van der Waals surface area contributed by atoms with E-state index < -0.39 is 5.82 Å². The van der Waals surface area contributed by atoms with Crippen molar-refractivity contribution in [2.45, 2.75) is 25.2 Å². The number of rotatable bonds is 4. The van der Waals surface area contributed by atoms with E-state index in [2.05, 4.69) is 20.2 Å². The van der Waals surface area contributed by atoms with E-state index >= 15 is 0 Å². The highest BCUT2D eigenvalue weighted by Gasteiger charge is 2.27. The van der Waals surface area contributed by atoms with Crippen LogP contribution in [0.2, 0.25) is 0 Å². The first kappa shape index (κ1) is 17.3. The van der Waals surface area contributed by atoms with Gasteiger partial charge in [0.15, 0.2) is 5.82 Å². The van der Waals surface area contributed by atoms with Crippen LogP contribution in [0.1, 0.15) is 30.3 Å². The highest BCUT2D eigenvalue weighted by atomic mass is 19.1. The van der Waals surface area contributed by atoms with Crippen LogP contribution in [0.4, 0.5) is 4.39 Å². The van der Waals surface area contributed by atoms with Gasteiger partial charge in [-0.25, -0.2) is 9.37 Å². The molecule has 3 heterocycles. The van der Waals surface area contributed by atoms with E-state index in [9.17, 15) is 9.18 Å². The summed E-state index contributed by atoms with van der Waals surface area (Å²) in [5, 5.41) is 7.33. The van der Waals surface area contributed by atoms with Crippen LogP contribution in [0.25, 0.3) is 11.4 Å². The third-order valence-corrected chi connectivity index (χ3v) is 4.85. The number of hydrogen-bond donors (Lipinski definition) is 1. The summed E-state index contributed by atoms with van der Waals surface area (Å²) in [5.74, 6) is 0.989. The minimum Gasteiger partial charge on any atom is -0.342 e. The van der Waals surface area contributed by atoms with Gasteiger partial charge in [-0.1, -0.05) is 30.3 Å². The smallest absolute Gasteiger partial charge is 0.228 e. The number of piperidine rings is 1. The number of aromatic nitrogens is 4. The summed E-state index contributed by atoms with van der Waals surface area (Å²) in [6.45, 7) is 1.22. The molecule has 1 unspecified atom stereocenters. The van der Waals surface area contributed by atoms with Crippen LogP contribution in [0.5, 0.6) is 0 Å². The number of halogens is 1. The molecule has 27 heavy (non-hydrogen) atoms. The molecule has 0 aliphatic carbocycles. The average molecular weight is 365 g/mol. The number of H-pyrrole nitrogens is 1. The van der Waals surface area contributed by atoms with Gasteiger partial charge in [-0.3, -0.25) is 14.9 Å². The quantitative estimate of drug-likeness (QED) is 0.771. The molecular formula is C20H20FN5O. The van der Waals surface area contributed by atoms with Gasteiger partial charge in [-0.2, -0.15) is 5.10 Å². The Morgan fingerprint density at radius 2 is 2.07 bits per heavy atom. The van der Waals surface area contributed by atoms with Crippen molar-refractivity contribution in [2.75, 3.05) is 13.1 Å². The minimum absolute atomic E-state index is 0.0228. The molecule has 138 valence electrons. The normalized spacial score (nSPS) is 17.1. The Hall–Kier alpha value is -3.09. The van der Waals surface area contributed by atoms with Gasteiger partial charge in [0.1, 0.15) is 11.6 Å². The summed E-state index contributed by atoms with van der Waals surface area (Å²) in [6.07, 6.45) is 3.29. The van der Waals surface area contributed by atoms with Crippen molar-refractivity contribution in [3.8, 4) is 11.4 Å². The molecule has 2 aromatic heterocycles. The lowest BCUT2D eigenvalue weighted by Crippen LogP contribution is -2.40. The van der Waals surface area contributed by atoms with Gasteiger partial charge in [0.05, 0.1) is 12.1 Å². The Morgan fingerprint density at radius 3 is 2.89 bits per heavy atom. The van der Waals surface area contributed by atoms with Crippen LogP contribution in [0.3, 0.4) is 0 Å². The number of carbonyl (C=O) groups excluding carboxylic acids is 1. The number of carbonyl (C=O) groups is 1. The van der Waals surface area contributed by atoms with Crippen molar-refractivity contribution in [1.29, 1.82) is 0 Å². The summed E-state index contributed by atoms with van der Waals surface area (Å²) < 4.78 is 13.8. The monoisotopic (exact) mass is 365 g/mol. The van der Waals surface area contributed by atoms with Gasteiger partial charge >= 0.3 is 0 Å². The molecule has 0 saturated carbocycles. The summed E-state index contributed by atoms with van der Waals surface area (Å²) in [4.78, 5) is 23.0. The fraction of sp³-hybridized carbons (Fsp3) is 0.300. The summed E-state index contributed by atoms with van der Waals surface area (Å²) in [7, 11) is 0. The van der Waals surface area contributed by atoms with Crippen molar-refractivity contribution < 1.29 is 9.18 Å². The molecule has 1 aromatic carbocycles. The second kappa shape index (κ2) is 7.65. The molecule has 1 saturated heterocycles. The van der Waals surface area contributed by atoms with E-state index in [0.717, 1.165) is 24.2 Å². The van der Waals surface area contributed by atoms with Crippen molar-refractivity contribution in [2.24, 2.45) is 0 Å². The third-order valence-electron chi connectivity index (χ3n) is 4.85. The van der Waals surface area contributed by atoms with Crippen LogP contribution in [0.15, 0.2) is 48.7 Å². The molecule has 3 aromatic rings. The second-order valence-electron chi connectivity index (χ2n) is 6.70. The number of nitrogens with zero attached hydrogens (tertiary/aromatic N) is 4. The van der Waals surface area contributed by atoms with Crippen LogP contribution < -0.4 is 0 Å². The average Bonchev–Trinajstić information content (AvgIpc) is 3.21. The lowest BCUT2D eigenvalue weighted by molar-refractivity contribution is -0.131. The number of aromatic amines is 1. The zero-order chi connectivity index (χ0) is 18.6. The summed E-state index contributed by atoms with van der Waals surface area (Å²) in [5.41, 5.74) is 1.14. The predicted octanol–water partition coefficient (Wildman–Crippen LogP) is 2.95. The largest absolute Gasteiger partial charge is 0.342 e. The predicted molar refractivity (Wildman–Crippen MR) is 98.3 cm³/mol. The zero-order valence-electron chi connectivity index (χ0n) is 14.8. The molecule has 1 aliphatic heterocycles. The molecule has 1 amide bonds. The van der Waals surface area contributed by atoms with Gasteiger partial charge in [0, 0.05) is 30.8 Å². The zero-order valence-corrected chi connectivity index (χ0v) is 14.8. The van der Waals surface area contributed by atoms with E-state index in [1.165, 1.54) is 18.3 Å². The van der Waals surface area contributed by atoms with Gasteiger partial charge < -0.3 is 4.90 Å². The Bertz CT molecular complexity index is 927. The van der Waals surface area contributed by atoms with E-state index in [0.29, 0.717) is 18.9 Å². The standard InChI is InChI=1S/C20H20FN5O/c21-16-9-4-10-22-17(16)12-18(27)26-11-5-8-15(13-26)20-23-19(24-25-20)14-6-2-1-3-7-14/h1-4,6-7,9-10,15H,5,8,11-13H2,(H,23,24,25). The van der Waals surface area contributed by atoms with Crippen molar-refractivity contribution >= 4 is 5.91 Å². The topological polar surface area (TPSA) is 74.8 Å². The molecule has 0 bridgehead atoms. The first-order valence-corrected chi connectivity index (χ1v) is 9.05. The number of hydrogen-bond acceptors (Lipinski definition) is 4. The van der Waals surface area contributed by atoms with Crippen LogP contribution in [-0.4, -0.2) is 44.1 Å². The van der Waals surface area contributed by atoms with Crippen LogP contribution in [-0.2, 0) is 11.2 Å². The Morgan fingerprint density at radius 1 is 1.22 bits per heavy atom. The van der Waals surface area contributed by atoms with Gasteiger partial charge in [-0.05, 0) is 25.0 Å². The van der Waals surface area contributed by atoms with Crippen LogP contribution >= 0.6 is 0 Å². The molecule has 0 radical (unpaired) electrons. The molecule has 1 fully saturated rings. The maximum Gasteiger partial charge on any atom is 0.228 e. The molecule has 4 rings (SSSR count). The lowest BCUT2D eigenvalue weighted by Gasteiger charge is -2.31. The maximum absolute atomic E-state index is 13.8. The fourth-order valence-corrected chi connectivity index (χ4v) is 3.40. The van der Waals surface area contributed by atoms with E-state index in [4.69, 9.17) is 0 Å². The molecule has 6 nitrogen and oxygen atoms in total. The lowest BCUT2D eigenvalue weighted by atomic mass is 9.97. The van der Waals surface area contributed by atoms with E-state index in [-0.39, 0.29) is 23.9 Å². The molecule has 7 heteroatoms. The number of pyridine rings is 1. The van der Waals surface area contributed by atoms with Crippen molar-refractivity contribution in [3.63, 3.8) is 0 Å². The first-order valence-electron chi connectivity index (χ1n) is 9.05. The molecular weight excluding hydrogens is 345 g/mol. The number of amides is 1. The van der Waals surface area contributed by atoms with E-state index in [1.807, 2.05) is 30.3 Å². The Kier molecular flexibility index (Phi) is 4.91. The molecule has 1 N–H and O–H groups in total. The second-order valence-corrected chi connectivity index (χ2v) is 6.70. The first-order chi connectivity index (χ1) is 13.2. The van der Waals surface area contributed by atoms with Gasteiger partial charge in [-0.15, -0.1) is 0 Å². The highest BCUT2D eigenvalue weighted by Crippen LogP contribution is 2.26. The molecule has 1 atom stereocenters. The minimum atomic E-state index is -0.442. The number of likely N-dealkylation sites (tertiary alicyclic amines) is 1. The molecule has 0 spiro atoms. The third kappa shape index (κ3) is 3.86.